The maximum Gasteiger partial charge on any atom is 0.238 e. The van der Waals surface area contributed by atoms with Crippen molar-refractivity contribution in [2.45, 2.75) is 94.5 Å². The summed E-state index contributed by atoms with van der Waals surface area (Å²) < 4.78 is 2.22. The lowest BCUT2D eigenvalue weighted by molar-refractivity contribution is -0.115. The van der Waals surface area contributed by atoms with E-state index in [1.165, 1.54) is 42.3 Å². The molecule has 1 N–H and O–H groups in total. The second-order valence-corrected chi connectivity index (χ2v) is 10.7. The van der Waals surface area contributed by atoms with Crippen LogP contribution in [0.2, 0.25) is 0 Å². The van der Waals surface area contributed by atoms with Crippen molar-refractivity contribution in [1.29, 1.82) is 5.26 Å². The molecule has 4 rings (SSSR count). The van der Waals surface area contributed by atoms with Gasteiger partial charge in [0.15, 0.2) is 5.16 Å². The number of anilines is 1. The third kappa shape index (κ3) is 4.42. The summed E-state index contributed by atoms with van der Waals surface area (Å²) in [6.45, 7) is 3.90. The molecule has 0 aromatic carbocycles. The second kappa shape index (κ2) is 9.52. The molecule has 2 heterocycles. The third-order valence-electron chi connectivity index (χ3n) is 6.20. The minimum atomic E-state index is -0.315. The highest BCUT2D eigenvalue weighted by Gasteiger charge is 2.26. The molecule has 0 radical (unpaired) electrons. The van der Waals surface area contributed by atoms with Gasteiger partial charge in [-0.2, -0.15) is 5.26 Å². The van der Waals surface area contributed by atoms with E-state index in [1.54, 1.807) is 11.3 Å². The first-order valence-electron chi connectivity index (χ1n) is 11.0. The fraction of sp³-hybridized carbons (Fsp3) is 0.636. The number of amides is 1. The molecule has 6 nitrogen and oxygen atoms in total. The van der Waals surface area contributed by atoms with Crippen molar-refractivity contribution in [2.24, 2.45) is 0 Å². The Hall–Kier alpha value is -1.85. The number of nitriles is 1. The summed E-state index contributed by atoms with van der Waals surface area (Å²) in [7, 11) is 0. The Bertz CT molecular complexity index is 952. The van der Waals surface area contributed by atoms with Crippen molar-refractivity contribution >= 4 is 34.0 Å². The van der Waals surface area contributed by atoms with Gasteiger partial charge in [-0.25, -0.2) is 0 Å². The first-order chi connectivity index (χ1) is 14.6. The SMILES string of the molecule is Cc1nnc(S[C@H](C)C(=O)Nc2sc3c(c2C#N)CCCCC3)n1C1CCCCC1. The molecule has 0 saturated heterocycles. The molecule has 1 atom stereocenters. The molecule has 0 unspecified atom stereocenters. The number of hydrogen-bond acceptors (Lipinski definition) is 6. The lowest BCUT2D eigenvalue weighted by atomic mass is 9.95. The average Bonchev–Trinajstić information content (AvgIpc) is 3.18. The summed E-state index contributed by atoms with van der Waals surface area (Å²) in [5.41, 5.74) is 1.83. The highest BCUT2D eigenvalue weighted by atomic mass is 32.2. The van der Waals surface area contributed by atoms with Crippen molar-refractivity contribution in [3.8, 4) is 6.07 Å². The molecule has 1 amide bonds. The van der Waals surface area contributed by atoms with Crippen molar-refractivity contribution in [2.75, 3.05) is 5.32 Å². The first kappa shape index (κ1) is 21.4. The second-order valence-electron chi connectivity index (χ2n) is 8.32. The number of nitrogens with one attached hydrogen (secondary N) is 1. The summed E-state index contributed by atoms with van der Waals surface area (Å²) in [5.74, 6) is 0.842. The Labute approximate surface area is 186 Å². The van der Waals surface area contributed by atoms with Crippen molar-refractivity contribution in [3.63, 3.8) is 0 Å². The van der Waals surface area contributed by atoms with Gasteiger partial charge in [0, 0.05) is 10.9 Å². The number of fused-ring (bicyclic) bond motifs is 1. The van der Waals surface area contributed by atoms with Gasteiger partial charge in [-0.1, -0.05) is 37.4 Å². The van der Waals surface area contributed by atoms with Gasteiger partial charge in [0.25, 0.3) is 0 Å². The van der Waals surface area contributed by atoms with E-state index in [9.17, 15) is 10.1 Å². The molecule has 8 heteroatoms. The van der Waals surface area contributed by atoms with Gasteiger partial charge in [0.1, 0.15) is 16.9 Å². The largest absolute Gasteiger partial charge is 0.316 e. The fourth-order valence-corrected chi connectivity index (χ4v) is 6.77. The van der Waals surface area contributed by atoms with E-state index in [2.05, 4.69) is 26.2 Å². The van der Waals surface area contributed by atoms with Crippen LogP contribution in [0.15, 0.2) is 5.16 Å². The molecular formula is C22H29N5OS2. The molecule has 2 aromatic heterocycles. The standard InChI is InChI=1S/C22H29N5OS2/c1-14(29-22-26-25-15(2)27(22)16-9-5-3-6-10-16)20(28)24-21-18(13-23)17-11-7-4-8-12-19(17)30-21/h14,16H,3-12H2,1-2H3,(H,24,28)/t14-/m1/s1. The van der Waals surface area contributed by atoms with E-state index in [0.717, 1.165) is 55.1 Å². The predicted molar refractivity (Wildman–Crippen MR) is 121 cm³/mol. The molecule has 1 fully saturated rings. The maximum atomic E-state index is 13.0. The predicted octanol–water partition coefficient (Wildman–Crippen LogP) is 5.41. The number of aromatic nitrogens is 3. The fourth-order valence-electron chi connectivity index (χ4n) is 4.56. The monoisotopic (exact) mass is 443 g/mol. The zero-order valence-corrected chi connectivity index (χ0v) is 19.4. The Balaban J connectivity index is 1.47. The molecule has 2 aliphatic carbocycles. The Morgan fingerprint density at radius 1 is 1.20 bits per heavy atom. The van der Waals surface area contributed by atoms with Crippen LogP contribution in [0.5, 0.6) is 0 Å². The lowest BCUT2D eigenvalue weighted by Gasteiger charge is -2.25. The van der Waals surface area contributed by atoms with Crippen LogP contribution in [-0.2, 0) is 17.6 Å². The van der Waals surface area contributed by atoms with Gasteiger partial charge in [-0.05, 0) is 57.9 Å². The van der Waals surface area contributed by atoms with Gasteiger partial charge < -0.3 is 9.88 Å². The Morgan fingerprint density at radius 3 is 2.70 bits per heavy atom. The van der Waals surface area contributed by atoms with E-state index >= 15 is 0 Å². The minimum absolute atomic E-state index is 0.0799. The van der Waals surface area contributed by atoms with E-state index in [1.807, 2.05) is 13.8 Å². The van der Waals surface area contributed by atoms with Gasteiger partial charge in [-0.15, -0.1) is 21.5 Å². The molecule has 2 aromatic rings. The average molecular weight is 444 g/mol. The van der Waals surface area contributed by atoms with E-state index in [0.29, 0.717) is 16.6 Å². The van der Waals surface area contributed by atoms with Crippen LogP contribution in [0.3, 0.4) is 0 Å². The molecule has 30 heavy (non-hydrogen) atoms. The molecule has 2 aliphatic rings. The van der Waals surface area contributed by atoms with Crippen LogP contribution < -0.4 is 5.32 Å². The summed E-state index contributed by atoms with van der Waals surface area (Å²) in [6, 6.07) is 2.78. The molecule has 160 valence electrons. The number of aryl methyl sites for hydroxylation is 2. The minimum Gasteiger partial charge on any atom is -0.316 e. The number of rotatable bonds is 5. The van der Waals surface area contributed by atoms with Crippen LogP contribution in [0.1, 0.15) is 86.2 Å². The summed E-state index contributed by atoms with van der Waals surface area (Å²) in [6.07, 6.45) is 11.5. The van der Waals surface area contributed by atoms with Gasteiger partial charge >= 0.3 is 0 Å². The summed E-state index contributed by atoms with van der Waals surface area (Å²) in [4.78, 5) is 14.2. The Morgan fingerprint density at radius 2 is 1.93 bits per heavy atom. The van der Waals surface area contributed by atoms with Gasteiger partial charge in [0.2, 0.25) is 5.91 Å². The molecular weight excluding hydrogens is 414 g/mol. The smallest absolute Gasteiger partial charge is 0.238 e. The number of nitrogens with zero attached hydrogens (tertiary/aromatic N) is 4. The summed E-state index contributed by atoms with van der Waals surface area (Å²) >= 11 is 3.05. The summed E-state index contributed by atoms with van der Waals surface area (Å²) in [5, 5.41) is 22.6. The van der Waals surface area contributed by atoms with E-state index < -0.39 is 0 Å². The maximum absolute atomic E-state index is 13.0. The zero-order chi connectivity index (χ0) is 21.1. The normalized spacial score (nSPS) is 18.3. The zero-order valence-electron chi connectivity index (χ0n) is 17.7. The highest BCUT2D eigenvalue weighted by Crippen LogP contribution is 2.38. The van der Waals surface area contributed by atoms with Crippen molar-refractivity contribution in [3.05, 3.63) is 21.8 Å². The van der Waals surface area contributed by atoms with E-state index in [-0.39, 0.29) is 11.2 Å². The molecule has 0 spiro atoms. The number of carbonyl (C=O) groups is 1. The van der Waals surface area contributed by atoms with Crippen LogP contribution in [-0.4, -0.2) is 25.9 Å². The van der Waals surface area contributed by atoms with E-state index in [4.69, 9.17) is 0 Å². The molecule has 0 bridgehead atoms. The van der Waals surface area contributed by atoms with Crippen molar-refractivity contribution in [1.82, 2.24) is 14.8 Å². The van der Waals surface area contributed by atoms with Crippen LogP contribution in [0.4, 0.5) is 5.00 Å². The van der Waals surface area contributed by atoms with Gasteiger partial charge in [-0.3, -0.25) is 4.79 Å². The lowest BCUT2D eigenvalue weighted by Crippen LogP contribution is -2.23. The Kier molecular flexibility index (Phi) is 6.79. The first-order valence-corrected chi connectivity index (χ1v) is 12.7. The van der Waals surface area contributed by atoms with Crippen molar-refractivity contribution < 1.29 is 4.79 Å². The number of hydrogen-bond donors (Lipinski definition) is 1. The van der Waals surface area contributed by atoms with Crippen LogP contribution in [0.25, 0.3) is 0 Å². The highest BCUT2D eigenvalue weighted by molar-refractivity contribution is 8.00. The molecule has 0 aliphatic heterocycles. The van der Waals surface area contributed by atoms with Crippen LogP contribution in [0, 0.1) is 18.3 Å². The number of thiophene rings is 1. The quantitative estimate of drug-likeness (QED) is 0.493. The number of carbonyl (C=O) groups excluding carboxylic acids is 1. The topological polar surface area (TPSA) is 83.6 Å². The molecule has 1 saturated carbocycles. The third-order valence-corrected chi connectivity index (χ3v) is 8.46. The van der Waals surface area contributed by atoms with Crippen LogP contribution >= 0.6 is 23.1 Å². The van der Waals surface area contributed by atoms with Gasteiger partial charge in [0.05, 0.1) is 10.8 Å². The number of thioether (sulfide) groups is 1.